The first kappa shape index (κ1) is 13.1. The van der Waals surface area contributed by atoms with Crippen LogP contribution in [0.1, 0.15) is 6.92 Å². The van der Waals surface area contributed by atoms with Crippen molar-refractivity contribution >= 4 is 23.7 Å². The van der Waals surface area contributed by atoms with Gasteiger partial charge < -0.3 is 10.2 Å². The predicted octanol–water partition coefficient (Wildman–Crippen LogP) is 0.436. The van der Waals surface area contributed by atoms with Crippen LogP contribution in [0.3, 0.4) is 0 Å². The van der Waals surface area contributed by atoms with Gasteiger partial charge in [0.1, 0.15) is 12.7 Å². The average molecular weight is 292 g/mol. The third kappa shape index (κ3) is 2.53. The molecule has 1 aliphatic heterocycles. The lowest BCUT2D eigenvalue weighted by molar-refractivity contribution is 0.668. The van der Waals surface area contributed by atoms with Crippen LogP contribution < -0.4 is 10.2 Å². The molecular formula is C11H16N8S. The third-order valence-corrected chi connectivity index (χ3v) is 4.27. The summed E-state index contributed by atoms with van der Waals surface area (Å²) >= 11 is 1.96. The quantitative estimate of drug-likeness (QED) is 0.872. The summed E-state index contributed by atoms with van der Waals surface area (Å²) in [6.45, 7) is 3.12. The maximum Gasteiger partial charge on any atom is 0.258 e. The molecule has 0 spiro atoms. The Balaban J connectivity index is 1.99. The summed E-state index contributed by atoms with van der Waals surface area (Å²) < 4.78 is 1.54. The number of anilines is 2. The molecule has 0 amide bonds. The van der Waals surface area contributed by atoms with Gasteiger partial charge in [0.15, 0.2) is 0 Å². The van der Waals surface area contributed by atoms with Crippen molar-refractivity contribution in [3.63, 3.8) is 0 Å². The van der Waals surface area contributed by atoms with Gasteiger partial charge in [-0.05, 0) is 6.92 Å². The van der Waals surface area contributed by atoms with Crippen molar-refractivity contribution in [2.24, 2.45) is 0 Å². The van der Waals surface area contributed by atoms with Gasteiger partial charge in [0.25, 0.3) is 5.95 Å². The second-order valence-electron chi connectivity index (χ2n) is 4.47. The summed E-state index contributed by atoms with van der Waals surface area (Å²) in [5, 5.41) is 7.04. The van der Waals surface area contributed by atoms with Crippen LogP contribution in [0.2, 0.25) is 0 Å². The summed E-state index contributed by atoms with van der Waals surface area (Å²) in [5.41, 5.74) is 0. The number of nitrogens with one attached hydrogen (secondary N) is 1. The molecule has 2 aromatic rings. The maximum atomic E-state index is 4.51. The molecule has 0 radical (unpaired) electrons. The fourth-order valence-corrected chi connectivity index (χ4v) is 3.05. The Bertz CT molecular complexity index is 572. The van der Waals surface area contributed by atoms with E-state index in [2.05, 4.69) is 42.2 Å². The van der Waals surface area contributed by atoms with Crippen molar-refractivity contribution in [1.82, 2.24) is 29.7 Å². The first-order valence-electron chi connectivity index (χ1n) is 6.41. The van der Waals surface area contributed by atoms with E-state index in [0.29, 0.717) is 23.9 Å². The van der Waals surface area contributed by atoms with Crippen LogP contribution >= 0.6 is 11.8 Å². The van der Waals surface area contributed by atoms with Crippen molar-refractivity contribution in [3.8, 4) is 5.95 Å². The lowest BCUT2D eigenvalue weighted by Crippen LogP contribution is -2.41. The highest BCUT2D eigenvalue weighted by Crippen LogP contribution is 2.22. The molecule has 20 heavy (non-hydrogen) atoms. The van der Waals surface area contributed by atoms with Gasteiger partial charge in [-0.15, -0.1) is 0 Å². The van der Waals surface area contributed by atoms with Gasteiger partial charge in [-0.1, -0.05) is 0 Å². The third-order valence-electron chi connectivity index (χ3n) is 3.08. The molecule has 0 saturated carbocycles. The van der Waals surface area contributed by atoms with Gasteiger partial charge >= 0.3 is 0 Å². The van der Waals surface area contributed by atoms with Gasteiger partial charge in [0, 0.05) is 31.1 Å². The minimum absolute atomic E-state index is 0.407. The van der Waals surface area contributed by atoms with Crippen LogP contribution in [-0.4, -0.2) is 60.9 Å². The molecule has 1 fully saturated rings. The number of thioether (sulfide) groups is 1. The van der Waals surface area contributed by atoms with E-state index in [4.69, 9.17) is 0 Å². The second kappa shape index (κ2) is 5.61. The van der Waals surface area contributed by atoms with E-state index in [-0.39, 0.29) is 0 Å². The first-order chi connectivity index (χ1) is 9.78. The Morgan fingerprint density at radius 2 is 2.15 bits per heavy atom. The zero-order valence-electron chi connectivity index (χ0n) is 11.4. The summed E-state index contributed by atoms with van der Waals surface area (Å²) in [6, 6.07) is 0.407. The largest absolute Gasteiger partial charge is 0.357 e. The number of hydrogen-bond donors (Lipinski definition) is 1. The number of nitrogens with zero attached hydrogens (tertiary/aromatic N) is 7. The van der Waals surface area contributed by atoms with E-state index in [1.165, 1.54) is 11.0 Å². The fraction of sp³-hybridized carbons (Fsp3) is 0.545. The molecule has 3 heterocycles. The van der Waals surface area contributed by atoms with E-state index in [1.54, 1.807) is 13.4 Å². The zero-order valence-corrected chi connectivity index (χ0v) is 12.2. The van der Waals surface area contributed by atoms with Crippen LogP contribution in [0, 0.1) is 0 Å². The Morgan fingerprint density at radius 3 is 2.85 bits per heavy atom. The topological polar surface area (TPSA) is 84.7 Å². The lowest BCUT2D eigenvalue weighted by Gasteiger charge is -2.33. The van der Waals surface area contributed by atoms with Gasteiger partial charge in [-0.25, -0.2) is 4.98 Å². The molecule has 0 aromatic carbocycles. The molecule has 8 nitrogen and oxygen atoms in total. The number of aromatic nitrogens is 6. The molecule has 1 atom stereocenters. The Labute approximate surface area is 121 Å². The van der Waals surface area contributed by atoms with Crippen molar-refractivity contribution in [1.29, 1.82) is 0 Å². The Morgan fingerprint density at radius 1 is 1.30 bits per heavy atom. The molecular weight excluding hydrogens is 276 g/mol. The second-order valence-corrected chi connectivity index (χ2v) is 5.62. The van der Waals surface area contributed by atoms with Crippen molar-refractivity contribution < 1.29 is 0 Å². The number of rotatable bonds is 3. The van der Waals surface area contributed by atoms with E-state index >= 15 is 0 Å². The molecule has 0 aliphatic carbocycles. The summed E-state index contributed by atoms with van der Waals surface area (Å²) in [7, 11) is 1.79. The lowest BCUT2D eigenvalue weighted by atomic mass is 10.3. The summed E-state index contributed by atoms with van der Waals surface area (Å²) in [4.78, 5) is 19.4. The van der Waals surface area contributed by atoms with Gasteiger partial charge in [-0.2, -0.15) is 36.5 Å². The molecule has 1 unspecified atom stereocenters. The molecule has 0 bridgehead atoms. The van der Waals surface area contributed by atoms with Crippen LogP contribution in [-0.2, 0) is 0 Å². The fourth-order valence-electron chi connectivity index (χ4n) is 2.03. The highest BCUT2D eigenvalue weighted by Gasteiger charge is 2.22. The molecule has 3 rings (SSSR count). The molecule has 9 heteroatoms. The van der Waals surface area contributed by atoms with Gasteiger partial charge in [-0.3, -0.25) is 0 Å². The SMILES string of the molecule is CNc1nc(N2CCSCC2C)nc(-n2cncn2)n1. The van der Waals surface area contributed by atoms with Crippen LogP contribution in [0.25, 0.3) is 5.95 Å². The summed E-state index contributed by atoms with van der Waals surface area (Å²) in [5.74, 6) is 3.86. The molecule has 1 N–H and O–H groups in total. The molecule has 106 valence electrons. The highest BCUT2D eigenvalue weighted by atomic mass is 32.2. The predicted molar refractivity (Wildman–Crippen MR) is 78.4 cm³/mol. The molecule has 1 saturated heterocycles. The first-order valence-corrected chi connectivity index (χ1v) is 7.56. The van der Waals surface area contributed by atoms with E-state index in [0.717, 1.165) is 18.1 Å². The minimum atomic E-state index is 0.407. The smallest absolute Gasteiger partial charge is 0.258 e. The molecule has 2 aromatic heterocycles. The number of hydrogen-bond acceptors (Lipinski definition) is 8. The zero-order chi connectivity index (χ0) is 13.9. The van der Waals surface area contributed by atoms with E-state index < -0.39 is 0 Å². The normalized spacial score (nSPS) is 19.1. The van der Waals surface area contributed by atoms with Crippen LogP contribution in [0.4, 0.5) is 11.9 Å². The van der Waals surface area contributed by atoms with E-state index in [9.17, 15) is 0 Å². The Kier molecular flexibility index (Phi) is 3.68. The van der Waals surface area contributed by atoms with Crippen LogP contribution in [0.15, 0.2) is 12.7 Å². The van der Waals surface area contributed by atoms with E-state index in [1.807, 2.05) is 11.8 Å². The summed E-state index contributed by atoms with van der Waals surface area (Å²) in [6.07, 6.45) is 3.04. The van der Waals surface area contributed by atoms with Gasteiger partial charge in [0.05, 0.1) is 0 Å². The molecule has 1 aliphatic rings. The van der Waals surface area contributed by atoms with Gasteiger partial charge in [0.2, 0.25) is 11.9 Å². The highest BCUT2D eigenvalue weighted by molar-refractivity contribution is 7.99. The van der Waals surface area contributed by atoms with Crippen molar-refractivity contribution in [2.45, 2.75) is 13.0 Å². The monoisotopic (exact) mass is 292 g/mol. The van der Waals surface area contributed by atoms with Crippen LogP contribution in [0.5, 0.6) is 0 Å². The average Bonchev–Trinajstić information content (AvgIpc) is 3.01. The Hall–Kier alpha value is -1.90. The van der Waals surface area contributed by atoms with Crippen molar-refractivity contribution in [2.75, 3.05) is 35.3 Å². The standard InChI is InChI=1S/C11H16N8S/c1-8-5-20-4-3-18(8)10-15-9(12-2)16-11(17-10)19-7-13-6-14-19/h6-8H,3-5H2,1-2H3,(H,12,15,16,17). The maximum absolute atomic E-state index is 4.51. The van der Waals surface area contributed by atoms with Crippen molar-refractivity contribution in [3.05, 3.63) is 12.7 Å². The minimum Gasteiger partial charge on any atom is -0.357 e.